The van der Waals surface area contributed by atoms with E-state index in [0.29, 0.717) is 0 Å². The van der Waals surface area contributed by atoms with Crippen LogP contribution in [0.4, 0.5) is 5.95 Å². The summed E-state index contributed by atoms with van der Waals surface area (Å²) in [5.74, 6) is 1.02. The van der Waals surface area contributed by atoms with E-state index in [2.05, 4.69) is 11.8 Å². The molecule has 3 aliphatic rings. The van der Waals surface area contributed by atoms with Gasteiger partial charge in [-0.15, -0.1) is 0 Å². The molecule has 0 saturated carbocycles. The molecule has 0 bridgehead atoms. The van der Waals surface area contributed by atoms with Crippen LogP contribution in [-0.4, -0.2) is 59.7 Å². The van der Waals surface area contributed by atoms with Gasteiger partial charge >= 0.3 is 0 Å². The summed E-state index contributed by atoms with van der Waals surface area (Å²) >= 11 is 0. The maximum atomic E-state index is 12.6. The van der Waals surface area contributed by atoms with E-state index in [1.54, 1.807) is 0 Å². The lowest BCUT2D eigenvalue weighted by molar-refractivity contribution is -0.140. The molecule has 2 saturated heterocycles. The summed E-state index contributed by atoms with van der Waals surface area (Å²) in [4.78, 5) is 26.5. The molecule has 25 heavy (non-hydrogen) atoms. The molecular weight excluding hydrogens is 316 g/mol. The maximum Gasteiger partial charge on any atom is 0.251 e. The Morgan fingerprint density at radius 2 is 1.92 bits per heavy atom. The number of anilines is 1. The van der Waals surface area contributed by atoms with Gasteiger partial charge in [0.05, 0.1) is 0 Å². The van der Waals surface area contributed by atoms with E-state index in [0.717, 1.165) is 76.5 Å². The molecule has 0 aromatic carbocycles. The van der Waals surface area contributed by atoms with E-state index in [1.807, 2.05) is 4.90 Å². The van der Waals surface area contributed by atoms with Crippen molar-refractivity contribution in [2.75, 3.05) is 37.7 Å². The van der Waals surface area contributed by atoms with Crippen LogP contribution in [-0.2, 0) is 22.4 Å². The number of carbonyl (C=O) groups excluding carboxylic acids is 1. The minimum absolute atomic E-state index is 0.168. The number of fused-ring (bicyclic) bond motifs is 1. The van der Waals surface area contributed by atoms with E-state index in [1.165, 1.54) is 24.1 Å². The second kappa shape index (κ2) is 7.28. The van der Waals surface area contributed by atoms with Gasteiger partial charge in [0.1, 0.15) is 6.10 Å². The summed E-state index contributed by atoms with van der Waals surface area (Å²) in [6.07, 6.45) is 7.28. The second-order valence-electron chi connectivity index (χ2n) is 7.41. The molecule has 1 aromatic rings. The lowest BCUT2D eigenvalue weighted by Crippen LogP contribution is -2.41. The lowest BCUT2D eigenvalue weighted by Gasteiger charge is -2.25. The molecule has 1 aliphatic carbocycles. The van der Waals surface area contributed by atoms with Crippen LogP contribution in [0.5, 0.6) is 0 Å². The molecule has 3 heterocycles. The molecule has 1 amide bonds. The highest BCUT2D eigenvalue weighted by atomic mass is 16.5. The maximum absolute atomic E-state index is 12.6. The van der Waals surface area contributed by atoms with Gasteiger partial charge in [-0.3, -0.25) is 4.79 Å². The van der Waals surface area contributed by atoms with Gasteiger partial charge in [0.2, 0.25) is 5.95 Å². The zero-order chi connectivity index (χ0) is 17.2. The Hall–Kier alpha value is -1.69. The topological polar surface area (TPSA) is 58.6 Å². The molecule has 6 heteroatoms. The van der Waals surface area contributed by atoms with Crippen LogP contribution in [0.3, 0.4) is 0 Å². The van der Waals surface area contributed by atoms with E-state index in [-0.39, 0.29) is 12.0 Å². The van der Waals surface area contributed by atoms with Gasteiger partial charge in [-0.25, -0.2) is 9.97 Å². The third-order valence-corrected chi connectivity index (χ3v) is 5.67. The van der Waals surface area contributed by atoms with Crippen molar-refractivity contribution < 1.29 is 9.53 Å². The highest BCUT2D eigenvalue weighted by Crippen LogP contribution is 2.25. The van der Waals surface area contributed by atoms with Crippen molar-refractivity contribution in [1.29, 1.82) is 0 Å². The van der Waals surface area contributed by atoms with Gasteiger partial charge in [0.25, 0.3) is 5.91 Å². The smallest absolute Gasteiger partial charge is 0.251 e. The average Bonchev–Trinajstić information content (AvgIpc) is 3.05. The van der Waals surface area contributed by atoms with Crippen molar-refractivity contribution in [2.24, 2.45) is 0 Å². The predicted molar refractivity (Wildman–Crippen MR) is 95.8 cm³/mol. The van der Waals surface area contributed by atoms with Crippen LogP contribution in [0.15, 0.2) is 0 Å². The SMILES string of the molecule is Cc1nc(N2CCCN(C(=O)[C@H]3CCCO3)CC2)nc2c1CCCC2. The standard InChI is InChI=1S/C19H28N4O2/c1-14-15-6-2-3-7-16(15)21-19(20-14)23-10-5-9-22(11-12-23)18(24)17-8-4-13-25-17/h17H,2-13H2,1H3/t17-/m1/s1. The number of ether oxygens (including phenoxy) is 1. The van der Waals surface area contributed by atoms with Crippen LogP contribution in [0, 0.1) is 6.92 Å². The van der Waals surface area contributed by atoms with Gasteiger partial charge in [0, 0.05) is 44.2 Å². The first-order chi connectivity index (χ1) is 12.2. The normalized spacial score (nSPS) is 24.1. The monoisotopic (exact) mass is 344 g/mol. The summed E-state index contributed by atoms with van der Waals surface area (Å²) in [6.45, 7) is 6.08. The largest absolute Gasteiger partial charge is 0.368 e. The third-order valence-electron chi connectivity index (χ3n) is 5.67. The summed E-state index contributed by atoms with van der Waals surface area (Å²) < 4.78 is 5.57. The first-order valence-corrected chi connectivity index (χ1v) is 9.74. The van der Waals surface area contributed by atoms with E-state index in [9.17, 15) is 4.79 Å². The average molecular weight is 344 g/mol. The van der Waals surface area contributed by atoms with Crippen LogP contribution in [0.2, 0.25) is 0 Å². The lowest BCUT2D eigenvalue weighted by atomic mass is 9.95. The molecule has 6 nitrogen and oxygen atoms in total. The molecule has 1 atom stereocenters. The molecule has 2 aliphatic heterocycles. The van der Waals surface area contributed by atoms with Crippen molar-refractivity contribution in [3.05, 3.63) is 17.0 Å². The highest BCUT2D eigenvalue weighted by molar-refractivity contribution is 5.81. The van der Waals surface area contributed by atoms with Gasteiger partial charge in [0.15, 0.2) is 0 Å². The first-order valence-electron chi connectivity index (χ1n) is 9.74. The van der Waals surface area contributed by atoms with Crippen molar-refractivity contribution in [1.82, 2.24) is 14.9 Å². The Morgan fingerprint density at radius 1 is 1.04 bits per heavy atom. The number of rotatable bonds is 2. The van der Waals surface area contributed by atoms with Crippen LogP contribution < -0.4 is 4.90 Å². The van der Waals surface area contributed by atoms with E-state index < -0.39 is 0 Å². The fraction of sp³-hybridized carbons (Fsp3) is 0.737. The predicted octanol–water partition coefficient (Wildman–Crippen LogP) is 1.88. The molecule has 0 unspecified atom stereocenters. The first kappa shape index (κ1) is 16.8. The highest BCUT2D eigenvalue weighted by Gasteiger charge is 2.30. The second-order valence-corrected chi connectivity index (χ2v) is 7.41. The quantitative estimate of drug-likeness (QED) is 0.820. The number of aryl methyl sites for hydroxylation is 2. The molecule has 0 radical (unpaired) electrons. The number of amides is 1. The van der Waals surface area contributed by atoms with Crippen molar-refractivity contribution >= 4 is 11.9 Å². The molecule has 0 spiro atoms. The molecule has 4 rings (SSSR count). The van der Waals surface area contributed by atoms with Crippen molar-refractivity contribution in [3.63, 3.8) is 0 Å². The summed E-state index contributed by atoms with van der Waals surface area (Å²) in [5.41, 5.74) is 3.74. The van der Waals surface area contributed by atoms with Crippen molar-refractivity contribution in [2.45, 2.75) is 58.0 Å². The van der Waals surface area contributed by atoms with Crippen LogP contribution in [0.25, 0.3) is 0 Å². The summed E-state index contributed by atoms with van der Waals surface area (Å²) in [5, 5.41) is 0. The minimum atomic E-state index is -0.214. The molecular formula is C19H28N4O2. The van der Waals surface area contributed by atoms with E-state index in [4.69, 9.17) is 14.7 Å². The van der Waals surface area contributed by atoms with Gasteiger partial charge in [-0.2, -0.15) is 0 Å². The molecule has 1 aromatic heterocycles. The third kappa shape index (κ3) is 3.50. The Morgan fingerprint density at radius 3 is 2.76 bits per heavy atom. The fourth-order valence-electron chi connectivity index (χ4n) is 4.22. The Labute approximate surface area is 149 Å². The zero-order valence-corrected chi connectivity index (χ0v) is 15.2. The fourth-order valence-corrected chi connectivity index (χ4v) is 4.22. The molecule has 0 N–H and O–H groups in total. The Kier molecular flexibility index (Phi) is 4.88. The number of nitrogens with zero attached hydrogens (tertiary/aromatic N) is 4. The number of hydrogen-bond donors (Lipinski definition) is 0. The Balaban J connectivity index is 1.45. The minimum Gasteiger partial charge on any atom is -0.368 e. The Bertz CT molecular complexity index is 643. The number of hydrogen-bond acceptors (Lipinski definition) is 5. The van der Waals surface area contributed by atoms with Crippen molar-refractivity contribution in [3.8, 4) is 0 Å². The van der Waals surface area contributed by atoms with Gasteiger partial charge < -0.3 is 14.5 Å². The summed E-state index contributed by atoms with van der Waals surface area (Å²) in [7, 11) is 0. The number of carbonyl (C=O) groups is 1. The van der Waals surface area contributed by atoms with Gasteiger partial charge in [-0.1, -0.05) is 0 Å². The van der Waals surface area contributed by atoms with Gasteiger partial charge in [-0.05, 0) is 57.4 Å². The zero-order valence-electron chi connectivity index (χ0n) is 15.2. The van der Waals surface area contributed by atoms with Crippen LogP contribution in [0.1, 0.15) is 49.1 Å². The van der Waals surface area contributed by atoms with E-state index >= 15 is 0 Å². The molecule has 2 fully saturated rings. The summed E-state index contributed by atoms with van der Waals surface area (Å²) in [6, 6.07) is 0. The molecule has 136 valence electrons. The van der Waals surface area contributed by atoms with Crippen LogP contribution >= 0.6 is 0 Å². The number of aromatic nitrogens is 2.